The molecular formula is C17H20F3N3O3S2. The van der Waals surface area contributed by atoms with Gasteiger partial charge in [0.25, 0.3) is 10.2 Å². The summed E-state index contributed by atoms with van der Waals surface area (Å²) in [6.07, 6.45) is -4.39. The molecule has 0 spiro atoms. The van der Waals surface area contributed by atoms with Gasteiger partial charge in [0.2, 0.25) is 5.91 Å². The Morgan fingerprint density at radius 1 is 1.29 bits per heavy atom. The average molecular weight is 435 g/mol. The second kappa shape index (κ2) is 8.19. The summed E-state index contributed by atoms with van der Waals surface area (Å²) >= 11 is 1.35. The molecule has 11 heteroatoms. The minimum atomic E-state index is -4.54. The van der Waals surface area contributed by atoms with Crippen molar-refractivity contribution < 1.29 is 26.4 Å². The molecule has 0 aliphatic carbocycles. The third-order valence-corrected chi connectivity index (χ3v) is 6.80. The molecule has 2 unspecified atom stereocenters. The molecule has 2 heterocycles. The molecule has 0 bridgehead atoms. The Morgan fingerprint density at radius 2 is 2.00 bits per heavy atom. The van der Waals surface area contributed by atoms with E-state index in [1.807, 2.05) is 0 Å². The number of hydrogen-bond acceptors (Lipinski definition) is 4. The highest BCUT2D eigenvalue weighted by atomic mass is 32.2. The minimum absolute atomic E-state index is 0. The van der Waals surface area contributed by atoms with Gasteiger partial charge in [0.05, 0.1) is 11.6 Å². The van der Waals surface area contributed by atoms with Crippen LogP contribution >= 0.6 is 11.3 Å². The van der Waals surface area contributed by atoms with Gasteiger partial charge in [-0.15, -0.1) is 11.3 Å². The van der Waals surface area contributed by atoms with Gasteiger partial charge in [0.15, 0.2) is 0 Å². The van der Waals surface area contributed by atoms with E-state index in [-0.39, 0.29) is 19.5 Å². The summed E-state index contributed by atoms with van der Waals surface area (Å²) in [5.41, 5.74) is -0.949. The number of rotatable bonds is 3. The first kappa shape index (κ1) is 22.3. The predicted octanol–water partition coefficient (Wildman–Crippen LogP) is 3.62. The maximum Gasteiger partial charge on any atom is 0.416 e. The van der Waals surface area contributed by atoms with Crippen LogP contribution in [0, 0.1) is 0 Å². The molecule has 1 aliphatic rings. The van der Waals surface area contributed by atoms with Crippen LogP contribution in [0.25, 0.3) is 0 Å². The third kappa shape index (κ3) is 4.72. The third-order valence-electron chi connectivity index (χ3n) is 4.21. The van der Waals surface area contributed by atoms with Gasteiger partial charge >= 0.3 is 6.18 Å². The monoisotopic (exact) mass is 435 g/mol. The lowest BCUT2D eigenvalue weighted by Gasteiger charge is -2.35. The zero-order chi connectivity index (χ0) is 19.8. The van der Waals surface area contributed by atoms with Gasteiger partial charge in [-0.3, -0.25) is 4.79 Å². The number of anilines is 1. The predicted molar refractivity (Wildman–Crippen MR) is 102 cm³/mol. The molecule has 2 N–H and O–H groups in total. The van der Waals surface area contributed by atoms with E-state index in [1.165, 1.54) is 30.5 Å². The lowest BCUT2D eigenvalue weighted by Crippen LogP contribution is -2.55. The molecule has 1 aliphatic heterocycles. The molecule has 1 saturated heterocycles. The Balaban J connectivity index is 0.00000280. The quantitative estimate of drug-likeness (QED) is 0.773. The number of likely N-dealkylation sites (N-methyl/N-ethyl adjacent to an activating group) is 1. The summed E-state index contributed by atoms with van der Waals surface area (Å²) in [5.74, 6) is -0.691. The normalized spacial score (nSPS) is 22.3. The average Bonchev–Trinajstić information content (AvgIpc) is 3.11. The number of amides is 1. The molecule has 1 fully saturated rings. The Kier molecular flexibility index (Phi) is 6.54. The molecule has 3 rings (SSSR count). The number of thiophene rings is 1. The molecule has 1 amide bonds. The summed E-state index contributed by atoms with van der Waals surface area (Å²) in [4.78, 5) is 13.4. The van der Waals surface area contributed by atoms with Crippen LogP contribution in [-0.4, -0.2) is 31.7 Å². The van der Waals surface area contributed by atoms with Crippen LogP contribution in [-0.2, 0) is 21.2 Å². The molecule has 154 valence electrons. The van der Waals surface area contributed by atoms with E-state index in [0.717, 1.165) is 21.3 Å². The highest BCUT2D eigenvalue weighted by Crippen LogP contribution is 2.32. The van der Waals surface area contributed by atoms with Crippen molar-refractivity contribution in [2.45, 2.75) is 32.1 Å². The SMILES string of the molecule is C.CN1C(C(=O)Nc2cccc(C(F)(F)F)c2)CC(c2cccs2)NS1(=O)=O. The highest BCUT2D eigenvalue weighted by Gasteiger charge is 2.41. The van der Waals surface area contributed by atoms with Gasteiger partial charge in [0, 0.05) is 17.6 Å². The molecule has 28 heavy (non-hydrogen) atoms. The number of halogens is 3. The van der Waals surface area contributed by atoms with Crippen molar-refractivity contribution in [3.63, 3.8) is 0 Å². The van der Waals surface area contributed by atoms with Crippen molar-refractivity contribution >= 4 is 33.1 Å². The number of carbonyl (C=O) groups excluding carboxylic acids is 1. The number of hydrogen-bond donors (Lipinski definition) is 2. The summed E-state index contributed by atoms with van der Waals surface area (Å²) in [5, 5.41) is 4.18. The maximum atomic E-state index is 12.8. The largest absolute Gasteiger partial charge is 0.416 e. The number of nitrogens with zero attached hydrogens (tertiary/aromatic N) is 1. The Labute approximate surface area is 165 Å². The molecule has 2 atom stereocenters. The fourth-order valence-corrected chi connectivity index (χ4v) is 4.92. The van der Waals surface area contributed by atoms with Crippen LogP contribution in [0.1, 0.15) is 30.3 Å². The zero-order valence-electron chi connectivity index (χ0n) is 14.0. The van der Waals surface area contributed by atoms with Crippen LogP contribution in [0.15, 0.2) is 41.8 Å². The van der Waals surface area contributed by atoms with Gasteiger partial charge in [-0.2, -0.15) is 30.6 Å². The van der Waals surface area contributed by atoms with Gasteiger partial charge in [0.1, 0.15) is 6.04 Å². The lowest BCUT2D eigenvalue weighted by molar-refractivity contribution is -0.137. The first-order chi connectivity index (χ1) is 12.6. The minimum Gasteiger partial charge on any atom is -0.325 e. The topological polar surface area (TPSA) is 78.5 Å². The second-order valence-corrected chi connectivity index (χ2v) is 8.77. The Hall–Kier alpha value is -1.95. The van der Waals surface area contributed by atoms with Crippen LogP contribution in [0.3, 0.4) is 0 Å². The molecule has 0 radical (unpaired) electrons. The van der Waals surface area contributed by atoms with E-state index in [9.17, 15) is 26.4 Å². The van der Waals surface area contributed by atoms with Crippen molar-refractivity contribution in [2.24, 2.45) is 0 Å². The molecule has 6 nitrogen and oxygen atoms in total. The van der Waals surface area contributed by atoms with E-state index in [1.54, 1.807) is 17.5 Å². The van der Waals surface area contributed by atoms with E-state index in [0.29, 0.717) is 0 Å². The van der Waals surface area contributed by atoms with Crippen molar-refractivity contribution in [3.05, 3.63) is 52.2 Å². The molecule has 2 aromatic rings. The molecular weight excluding hydrogens is 415 g/mol. The van der Waals surface area contributed by atoms with Crippen LogP contribution < -0.4 is 10.0 Å². The summed E-state index contributed by atoms with van der Waals surface area (Å²) in [7, 11) is -2.65. The summed E-state index contributed by atoms with van der Waals surface area (Å²) in [6.45, 7) is 0. The molecule has 1 aromatic carbocycles. The van der Waals surface area contributed by atoms with Crippen molar-refractivity contribution in [2.75, 3.05) is 12.4 Å². The highest BCUT2D eigenvalue weighted by molar-refractivity contribution is 7.87. The zero-order valence-corrected chi connectivity index (χ0v) is 15.7. The first-order valence-electron chi connectivity index (χ1n) is 7.85. The Bertz CT molecular complexity index is 931. The molecule has 0 saturated carbocycles. The van der Waals surface area contributed by atoms with Gasteiger partial charge in [-0.25, -0.2) is 0 Å². The van der Waals surface area contributed by atoms with E-state index in [4.69, 9.17) is 0 Å². The fourth-order valence-electron chi connectivity index (χ4n) is 2.79. The van der Waals surface area contributed by atoms with Crippen molar-refractivity contribution in [1.82, 2.24) is 9.03 Å². The number of nitrogens with one attached hydrogen (secondary N) is 2. The lowest BCUT2D eigenvalue weighted by atomic mass is 10.1. The molecule has 1 aromatic heterocycles. The fraction of sp³-hybridized carbons (Fsp3) is 0.353. The van der Waals surface area contributed by atoms with Crippen LogP contribution in [0.4, 0.5) is 18.9 Å². The summed E-state index contributed by atoms with van der Waals surface area (Å²) < 4.78 is 66.5. The second-order valence-electron chi connectivity index (χ2n) is 6.03. The van der Waals surface area contributed by atoms with Gasteiger partial charge < -0.3 is 5.32 Å². The van der Waals surface area contributed by atoms with Crippen LogP contribution in [0.5, 0.6) is 0 Å². The first-order valence-corrected chi connectivity index (χ1v) is 10.2. The van der Waals surface area contributed by atoms with E-state index < -0.39 is 39.9 Å². The van der Waals surface area contributed by atoms with Crippen molar-refractivity contribution in [3.8, 4) is 0 Å². The maximum absolute atomic E-state index is 12.8. The van der Waals surface area contributed by atoms with Gasteiger partial charge in [-0.05, 0) is 36.1 Å². The number of alkyl halides is 3. The van der Waals surface area contributed by atoms with Crippen LogP contribution in [0.2, 0.25) is 0 Å². The number of carbonyl (C=O) groups is 1. The standard InChI is InChI=1S/C16H16F3N3O3S2.CH4/c1-22-13(9-12(21-27(22,24)25)14-6-3-7-26-14)15(23)20-11-5-2-4-10(8-11)16(17,18)19;/h2-8,12-13,21H,9H2,1H3,(H,20,23);1H4. The number of benzene rings is 1. The summed E-state index contributed by atoms with van der Waals surface area (Å²) in [6, 6.07) is 6.08. The van der Waals surface area contributed by atoms with Gasteiger partial charge in [-0.1, -0.05) is 19.6 Å². The van der Waals surface area contributed by atoms with E-state index in [2.05, 4.69) is 10.0 Å². The van der Waals surface area contributed by atoms with E-state index >= 15 is 0 Å². The smallest absolute Gasteiger partial charge is 0.325 e. The van der Waals surface area contributed by atoms with Crippen molar-refractivity contribution in [1.29, 1.82) is 0 Å². The Morgan fingerprint density at radius 3 is 2.61 bits per heavy atom.